The van der Waals surface area contributed by atoms with Crippen LogP contribution in [-0.4, -0.2) is 45.1 Å². The van der Waals surface area contributed by atoms with Crippen molar-refractivity contribution >= 4 is 8.56 Å². The maximum atomic E-state index is 9.08. The molecule has 0 bridgehead atoms. The van der Waals surface area contributed by atoms with Crippen LogP contribution in [0.2, 0.25) is 12.6 Å². The van der Waals surface area contributed by atoms with Crippen molar-refractivity contribution in [2.75, 3.05) is 26.9 Å². The average molecular weight is 208 g/mol. The summed E-state index contributed by atoms with van der Waals surface area (Å²) < 4.78 is 10.1. The highest BCUT2D eigenvalue weighted by atomic mass is 28.4. The van der Waals surface area contributed by atoms with Gasteiger partial charge in [-0.05, 0) is 25.4 Å². The number of rotatable bonds is 8. The first kappa shape index (κ1) is 13.1. The van der Waals surface area contributed by atoms with Crippen molar-refractivity contribution < 1.29 is 19.1 Å². The summed E-state index contributed by atoms with van der Waals surface area (Å²) in [6.07, 6.45) is 1.62. The van der Waals surface area contributed by atoms with E-state index < -0.39 is 8.56 Å². The second kappa shape index (κ2) is 7.46. The molecule has 0 fully saturated rings. The van der Waals surface area contributed by atoms with Crippen molar-refractivity contribution in [3.8, 4) is 0 Å². The number of hydrogen-bond donors (Lipinski definition) is 2. The zero-order valence-corrected chi connectivity index (χ0v) is 9.45. The topological polar surface area (TPSA) is 58.9 Å². The lowest BCUT2D eigenvalue weighted by molar-refractivity contribution is 0.102. The number of ether oxygens (including phenoxy) is 2. The summed E-state index contributed by atoms with van der Waals surface area (Å²) in [6, 6.07) is 0.483. The summed E-state index contributed by atoms with van der Waals surface area (Å²) in [5, 5.41) is 0. The van der Waals surface area contributed by atoms with E-state index in [0.717, 1.165) is 12.8 Å². The molecule has 0 saturated heterocycles. The van der Waals surface area contributed by atoms with Crippen LogP contribution in [0.3, 0.4) is 0 Å². The van der Waals surface area contributed by atoms with E-state index >= 15 is 0 Å². The van der Waals surface area contributed by atoms with Gasteiger partial charge in [-0.1, -0.05) is 0 Å². The zero-order chi connectivity index (χ0) is 10.2. The molecule has 0 aromatic heterocycles. The van der Waals surface area contributed by atoms with Gasteiger partial charge in [-0.15, -0.1) is 0 Å². The lowest BCUT2D eigenvalue weighted by Gasteiger charge is -2.11. The van der Waals surface area contributed by atoms with Gasteiger partial charge in [0.05, 0.1) is 0 Å². The van der Waals surface area contributed by atoms with Gasteiger partial charge in [-0.25, -0.2) is 0 Å². The van der Waals surface area contributed by atoms with E-state index in [2.05, 4.69) is 0 Å². The molecule has 0 unspecified atom stereocenters. The van der Waals surface area contributed by atoms with Crippen molar-refractivity contribution in [2.45, 2.75) is 25.4 Å². The fraction of sp³-hybridized carbons (Fsp3) is 1.00. The van der Waals surface area contributed by atoms with Gasteiger partial charge in [-0.2, -0.15) is 0 Å². The molecule has 0 aliphatic rings. The molecular weight excluding hydrogens is 188 g/mol. The summed E-state index contributed by atoms with van der Waals surface area (Å²) in [5.74, 6) is 0. The Balaban J connectivity index is 3.00. The monoisotopic (exact) mass is 208 g/mol. The van der Waals surface area contributed by atoms with E-state index in [4.69, 9.17) is 19.1 Å². The van der Waals surface area contributed by atoms with Crippen LogP contribution in [0, 0.1) is 0 Å². The molecular formula is C8H20O4Si. The van der Waals surface area contributed by atoms with E-state index in [1.807, 2.05) is 0 Å². The largest absolute Gasteiger partial charge is 0.411 e. The van der Waals surface area contributed by atoms with Crippen molar-refractivity contribution in [3.63, 3.8) is 0 Å². The van der Waals surface area contributed by atoms with E-state index in [0.29, 0.717) is 25.9 Å². The van der Waals surface area contributed by atoms with Gasteiger partial charge in [0.2, 0.25) is 0 Å². The second-order valence-electron chi connectivity index (χ2n) is 3.28. The lowest BCUT2D eigenvalue weighted by atomic mass is 10.5. The van der Waals surface area contributed by atoms with E-state index in [9.17, 15) is 0 Å². The molecule has 0 spiro atoms. The molecule has 0 radical (unpaired) electrons. The van der Waals surface area contributed by atoms with Crippen LogP contribution in [-0.2, 0) is 9.47 Å². The highest BCUT2D eigenvalue weighted by Gasteiger charge is 2.19. The summed E-state index contributed by atoms with van der Waals surface area (Å²) in [4.78, 5) is 18.2. The molecule has 5 heteroatoms. The minimum Gasteiger partial charge on any atom is -0.411 e. The minimum atomic E-state index is -2.84. The van der Waals surface area contributed by atoms with Crippen LogP contribution in [0.1, 0.15) is 12.8 Å². The molecule has 0 heterocycles. The lowest BCUT2D eigenvalue weighted by Crippen LogP contribution is -2.29. The Labute approximate surface area is 80.7 Å². The van der Waals surface area contributed by atoms with E-state index in [1.54, 1.807) is 7.11 Å². The zero-order valence-electron chi connectivity index (χ0n) is 8.45. The fourth-order valence-electron chi connectivity index (χ4n) is 0.917. The van der Waals surface area contributed by atoms with Crippen LogP contribution in [0.15, 0.2) is 0 Å². The molecule has 0 rings (SSSR count). The smallest absolute Gasteiger partial charge is 0.329 e. The van der Waals surface area contributed by atoms with Crippen molar-refractivity contribution in [1.82, 2.24) is 0 Å². The van der Waals surface area contributed by atoms with Crippen LogP contribution < -0.4 is 0 Å². The predicted molar refractivity (Wildman–Crippen MR) is 52.8 cm³/mol. The Morgan fingerprint density at radius 1 is 1.08 bits per heavy atom. The summed E-state index contributed by atoms with van der Waals surface area (Å²) in [6.45, 7) is 3.51. The van der Waals surface area contributed by atoms with Gasteiger partial charge in [-0.3, -0.25) is 0 Å². The highest BCUT2D eigenvalue weighted by molar-refractivity contribution is 6.63. The quantitative estimate of drug-likeness (QED) is 0.450. The predicted octanol–water partition coefficient (Wildman–Crippen LogP) is 0.486. The molecule has 13 heavy (non-hydrogen) atoms. The molecule has 2 N–H and O–H groups in total. The van der Waals surface area contributed by atoms with Gasteiger partial charge < -0.3 is 19.1 Å². The second-order valence-corrected chi connectivity index (χ2v) is 6.21. The molecule has 0 saturated carbocycles. The normalized spacial score (nSPS) is 12.0. The highest BCUT2D eigenvalue weighted by Crippen LogP contribution is 2.04. The summed E-state index contributed by atoms with van der Waals surface area (Å²) in [7, 11) is -1.18. The third-order valence-corrected chi connectivity index (χ3v) is 2.88. The van der Waals surface area contributed by atoms with Gasteiger partial charge in [0.25, 0.3) is 0 Å². The van der Waals surface area contributed by atoms with E-state index in [1.165, 1.54) is 6.55 Å². The van der Waals surface area contributed by atoms with Crippen LogP contribution >= 0.6 is 0 Å². The van der Waals surface area contributed by atoms with Crippen molar-refractivity contribution in [3.05, 3.63) is 0 Å². The molecule has 0 atom stereocenters. The summed E-state index contributed by atoms with van der Waals surface area (Å²) in [5.41, 5.74) is 0. The SMILES string of the molecule is COCCCOCCC[Si](C)(O)O. The van der Waals surface area contributed by atoms with Crippen LogP contribution in [0.4, 0.5) is 0 Å². The Kier molecular flexibility index (Phi) is 7.49. The molecule has 0 aromatic carbocycles. The maximum absolute atomic E-state index is 9.08. The Morgan fingerprint density at radius 2 is 1.69 bits per heavy atom. The molecule has 0 aromatic rings. The van der Waals surface area contributed by atoms with Gasteiger partial charge in [0.1, 0.15) is 0 Å². The first-order chi connectivity index (χ1) is 6.06. The van der Waals surface area contributed by atoms with Crippen molar-refractivity contribution in [1.29, 1.82) is 0 Å². The third kappa shape index (κ3) is 12.1. The Morgan fingerprint density at radius 3 is 2.23 bits per heavy atom. The van der Waals surface area contributed by atoms with Crippen LogP contribution in [0.5, 0.6) is 0 Å². The van der Waals surface area contributed by atoms with Gasteiger partial charge in [0, 0.05) is 26.9 Å². The average Bonchev–Trinajstić information content (AvgIpc) is 2.01. The molecule has 0 aliphatic carbocycles. The molecule has 0 aliphatic heterocycles. The van der Waals surface area contributed by atoms with E-state index in [-0.39, 0.29) is 0 Å². The number of hydrogen-bond acceptors (Lipinski definition) is 4. The van der Waals surface area contributed by atoms with Gasteiger partial charge in [0.15, 0.2) is 0 Å². The number of methoxy groups -OCH3 is 1. The Hall–Kier alpha value is 0.0569. The molecule has 4 nitrogen and oxygen atoms in total. The van der Waals surface area contributed by atoms with Crippen molar-refractivity contribution in [2.24, 2.45) is 0 Å². The van der Waals surface area contributed by atoms with Gasteiger partial charge >= 0.3 is 8.56 Å². The fourth-order valence-corrected chi connectivity index (χ4v) is 1.73. The first-order valence-electron chi connectivity index (χ1n) is 4.58. The standard InChI is InChI=1S/C8H20O4Si/c1-11-5-3-6-12-7-4-8-13(2,9)10/h9-10H,3-8H2,1-2H3. The first-order valence-corrected chi connectivity index (χ1v) is 7.18. The Bertz CT molecular complexity index is 113. The summed E-state index contributed by atoms with van der Waals surface area (Å²) >= 11 is 0. The van der Waals surface area contributed by atoms with Crippen LogP contribution in [0.25, 0.3) is 0 Å². The molecule has 0 amide bonds. The molecule has 80 valence electrons. The minimum absolute atomic E-state index is 0.483. The maximum Gasteiger partial charge on any atom is 0.329 e. The third-order valence-electron chi connectivity index (χ3n) is 1.58.